The summed E-state index contributed by atoms with van der Waals surface area (Å²) in [7, 11) is 0. The molecule has 4 aromatic rings. The van der Waals surface area contributed by atoms with E-state index in [1.807, 2.05) is 0 Å². The number of aromatic nitrogens is 3. The number of nitrogens with two attached hydrogens (primary N) is 1. The lowest BCUT2D eigenvalue weighted by Gasteiger charge is -2.16. The number of nitrogens with zero attached hydrogens (tertiary/aromatic N) is 2. The third-order valence-electron chi connectivity index (χ3n) is 5.08. The smallest absolute Gasteiger partial charge is 0.368 e. The summed E-state index contributed by atoms with van der Waals surface area (Å²) < 4.78 is 38.3. The van der Waals surface area contributed by atoms with Crippen LogP contribution in [0, 0.1) is 0 Å². The van der Waals surface area contributed by atoms with Gasteiger partial charge in [-0.15, -0.1) is 0 Å². The summed E-state index contributed by atoms with van der Waals surface area (Å²) in [6, 6.07) is 11.7. The predicted molar refractivity (Wildman–Crippen MR) is 115 cm³/mol. The standard InChI is InChI=1S/C23H18F3N5O2/c24-23(25,26)15-6-4-13(5-7-15)12-18(20(27)32)30-22(33)16-2-1-3-17-19(16)31-21(29-17)14-8-10-28-11-9-14/h1-11,18H,12H2,(H2,27,32)(H,29,31)(H,30,33)/t18-/m0/s1. The van der Waals surface area contributed by atoms with Crippen LogP contribution in [0.3, 0.4) is 0 Å². The van der Waals surface area contributed by atoms with E-state index in [0.29, 0.717) is 22.4 Å². The Labute approximate surface area is 185 Å². The van der Waals surface area contributed by atoms with Crippen LogP contribution in [0.1, 0.15) is 21.5 Å². The van der Waals surface area contributed by atoms with Crippen molar-refractivity contribution in [1.82, 2.24) is 20.3 Å². The molecule has 2 heterocycles. The Hall–Kier alpha value is -4.21. The minimum absolute atomic E-state index is 0.0575. The lowest BCUT2D eigenvalue weighted by atomic mass is 10.0. The fourth-order valence-electron chi connectivity index (χ4n) is 3.39. The lowest BCUT2D eigenvalue weighted by molar-refractivity contribution is -0.137. The molecule has 0 saturated heterocycles. The van der Waals surface area contributed by atoms with Crippen molar-refractivity contribution in [2.45, 2.75) is 18.6 Å². The Bertz CT molecular complexity index is 1300. The normalized spacial score (nSPS) is 12.5. The molecule has 33 heavy (non-hydrogen) atoms. The van der Waals surface area contributed by atoms with Crippen molar-refractivity contribution in [3.05, 3.63) is 83.7 Å². The van der Waals surface area contributed by atoms with Gasteiger partial charge >= 0.3 is 6.18 Å². The van der Waals surface area contributed by atoms with Crippen LogP contribution in [-0.4, -0.2) is 32.8 Å². The number of rotatable bonds is 6. The molecule has 0 fully saturated rings. The van der Waals surface area contributed by atoms with Crippen LogP contribution < -0.4 is 11.1 Å². The molecule has 168 valence electrons. The highest BCUT2D eigenvalue weighted by molar-refractivity contribution is 6.06. The van der Waals surface area contributed by atoms with E-state index in [-0.39, 0.29) is 12.0 Å². The molecule has 10 heteroatoms. The first-order valence-corrected chi connectivity index (χ1v) is 9.88. The number of carbonyl (C=O) groups excluding carboxylic acids is 2. The number of H-pyrrole nitrogens is 1. The monoisotopic (exact) mass is 453 g/mol. The van der Waals surface area contributed by atoms with Crippen molar-refractivity contribution < 1.29 is 22.8 Å². The summed E-state index contributed by atoms with van der Waals surface area (Å²) in [5.74, 6) is -0.845. The van der Waals surface area contributed by atoms with Gasteiger partial charge in [-0.2, -0.15) is 13.2 Å². The maximum atomic E-state index is 13.0. The van der Waals surface area contributed by atoms with E-state index in [9.17, 15) is 22.8 Å². The van der Waals surface area contributed by atoms with Gasteiger partial charge in [-0.05, 0) is 42.0 Å². The molecule has 0 aliphatic rings. The molecule has 1 atom stereocenters. The van der Waals surface area contributed by atoms with Gasteiger partial charge in [0, 0.05) is 24.4 Å². The van der Waals surface area contributed by atoms with Crippen molar-refractivity contribution in [2.75, 3.05) is 0 Å². The van der Waals surface area contributed by atoms with E-state index in [1.165, 1.54) is 12.1 Å². The number of benzene rings is 2. The number of nitrogens with one attached hydrogen (secondary N) is 2. The molecule has 0 aliphatic heterocycles. The van der Waals surface area contributed by atoms with Crippen LogP contribution >= 0.6 is 0 Å². The summed E-state index contributed by atoms with van der Waals surface area (Å²) in [4.78, 5) is 36.5. The highest BCUT2D eigenvalue weighted by Crippen LogP contribution is 2.29. The maximum absolute atomic E-state index is 13.0. The second-order valence-corrected chi connectivity index (χ2v) is 7.35. The maximum Gasteiger partial charge on any atom is 0.416 e. The number of primary amides is 1. The van der Waals surface area contributed by atoms with Crippen molar-refractivity contribution in [2.24, 2.45) is 5.73 Å². The molecule has 0 aliphatic carbocycles. The van der Waals surface area contributed by atoms with Crippen molar-refractivity contribution >= 4 is 22.8 Å². The highest BCUT2D eigenvalue weighted by atomic mass is 19.4. The predicted octanol–water partition coefficient (Wildman–Crippen LogP) is 3.47. The van der Waals surface area contributed by atoms with Crippen LogP contribution in [0.25, 0.3) is 22.4 Å². The summed E-state index contributed by atoms with van der Waals surface area (Å²) in [5, 5.41) is 2.57. The van der Waals surface area contributed by atoms with Crippen molar-refractivity contribution in [1.29, 1.82) is 0 Å². The largest absolute Gasteiger partial charge is 0.416 e. The van der Waals surface area contributed by atoms with Gasteiger partial charge in [-0.25, -0.2) is 4.98 Å². The van der Waals surface area contributed by atoms with E-state index >= 15 is 0 Å². The summed E-state index contributed by atoms with van der Waals surface area (Å²) in [5.41, 5.74) is 7.09. The Morgan fingerprint density at radius 2 is 1.73 bits per heavy atom. The van der Waals surface area contributed by atoms with Crippen LogP contribution in [0.4, 0.5) is 13.2 Å². The third-order valence-corrected chi connectivity index (χ3v) is 5.08. The Balaban J connectivity index is 1.56. The second-order valence-electron chi connectivity index (χ2n) is 7.35. The summed E-state index contributed by atoms with van der Waals surface area (Å²) in [6.07, 6.45) is -1.28. The van der Waals surface area contributed by atoms with Gasteiger partial charge in [0.2, 0.25) is 5.91 Å². The number of hydrogen-bond donors (Lipinski definition) is 3. The Kier molecular flexibility index (Phi) is 5.82. The number of carbonyl (C=O) groups is 2. The first kappa shape index (κ1) is 22.0. The van der Waals surface area contributed by atoms with E-state index in [1.54, 1.807) is 42.7 Å². The molecule has 2 aromatic carbocycles. The molecule has 4 N–H and O–H groups in total. The van der Waals surface area contributed by atoms with E-state index in [2.05, 4.69) is 20.3 Å². The molecule has 0 radical (unpaired) electrons. The van der Waals surface area contributed by atoms with Crippen molar-refractivity contribution in [3.63, 3.8) is 0 Å². The second kappa shape index (κ2) is 8.73. The van der Waals surface area contributed by atoms with Crippen LogP contribution in [0.2, 0.25) is 0 Å². The zero-order valence-electron chi connectivity index (χ0n) is 17.1. The molecule has 2 aromatic heterocycles. The topological polar surface area (TPSA) is 114 Å². The third kappa shape index (κ3) is 4.84. The number of alkyl halides is 3. The number of pyridine rings is 1. The average molecular weight is 453 g/mol. The quantitative estimate of drug-likeness (QED) is 0.415. The van der Waals surface area contributed by atoms with E-state index < -0.39 is 29.6 Å². The van der Waals surface area contributed by atoms with Gasteiger partial charge in [-0.1, -0.05) is 18.2 Å². The average Bonchev–Trinajstić information content (AvgIpc) is 3.23. The molecule has 2 amide bonds. The number of hydrogen-bond acceptors (Lipinski definition) is 4. The summed E-state index contributed by atoms with van der Waals surface area (Å²) in [6.45, 7) is 0. The van der Waals surface area contributed by atoms with Crippen LogP contribution in [0.15, 0.2) is 67.0 Å². The van der Waals surface area contributed by atoms with Gasteiger partial charge in [0.25, 0.3) is 5.91 Å². The molecule has 4 rings (SSSR count). The number of imidazole rings is 1. The fraction of sp³-hybridized carbons (Fsp3) is 0.130. The molecule has 0 bridgehead atoms. The number of para-hydroxylation sites is 1. The summed E-state index contributed by atoms with van der Waals surface area (Å²) >= 11 is 0. The number of fused-ring (bicyclic) bond motifs is 1. The molecule has 0 spiro atoms. The minimum Gasteiger partial charge on any atom is -0.368 e. The first-order chi connectivity index (χ1) is 15.7. The minimum atomic E-state index is -4.47. The Morgan fingerprint density at radius 3 is 2.36 bits per heavy atom. The highest BCUT2D eigenvalue weighted by Gasteiger charge is 2.30. The van der Waals surface area contributed by atoms with Gasteiger partial charge in [0.1, 0.15) is 17.4 Å². The zero-order chi connectivity index (χ0) is 23.6. The number of amides is 2. The molecule has 0 unspecified atom stereocenters. The van der Waals surface area contributed by atoms with E-state index in [4.69, 9.17) is 5.73 Å². The fourth-order valence-corrected chi connectivity index (χ4v) is 3.39. The Morgan fingerprint density at radius 1 is 1.03 bits per heavy atom. The molecular formula is C23H18F3N5O2. The van der Waals surface area contributed by atoms with Gasteiger partial charge in [-0.3, -0.25) is 14.6 Å². The van der Waals surface area contributed by atoms with E-state index in [0.717, 1.165) is 17.7 Å². The SMILES string of the molecule is NC(=O)[C@H](Cc1ccc(C(F)(F)F)cc1)NC(=O)c1cccc2[nH]c(-c3ccncc3)nc12. The van der Waals surface area contributed by atoms with Crippen LogP contribution in [-0.2, 0) is 17.4 Å². The first-order valence-electron chi connectivity index (χ1n) is 9.88. The molecule has 7 nitrogen and oxygen atoms in total. The number of halogens is 3. The van der Waals surface area contributed by atoms with Gasteiger partial charge in [0.15, 0.2) is 0 Å². The van der Waals surface area contributed by atoms with Crippen LogP contribution in [0.5, 0.6) is 0 Å². The number of aromatic amines is 1. The van der Waals surface area contributed by atoms with Gasteiger partial charge < -0.3 is 16.0 Å². The van der Waals surface area contributed by atoms with Gasteiger partial charge in [0.05, 0.1) is 16.6 Å². The lowest BCUT2D eigenvalue weighted by Crippen LogP contribution is -2.45. The van der Waals surface area contributed by atoms with Crippen molar-refractivity contribution in [3.8, 4) is 11.4 Å². The molecule has 0 saturated carbocycles. The molecular weight excluding hydrogens is 435 g/mol. The zero-order valence-corrected chi connectivity index (χ0v) is 17.1.